The quantitative estimate of drug-likeness (QED) is 0.726. The fourth-order valence-electron chi connectivity index (χ4n) is 1.97. The third-order valence-corrected chi connectivity index (χ3v) is 3.01. The normalized spacial score (nSPS) is 10.2. The molecule has 2 aromatic rings. The van der Waals surface area contributed by atoms with Gasteiger partial charge in [-0.1, -0.05) is 19.1 Å². The van der Waals surface area contributed by atoms with Crippen LogP contribution in [0.25, 0.3) is 0 Å². The molecule has 21 heavy (non-hydrogen) atoms. The lowest BCUT2D eigenvalue weighted by Crippen LogP contribution is -2.12. The molecule has 1 aromatic heterocycles. The Kier molecular flexibility index (Phi) is 5.88. The number of anilines is 2. The predicted octanol–water partition coefficient (Wildman–Crippen LogP) is 3.70. The summed E-state index contributed by atoms with van der Waals surface area (Å²) in [4.78, 5) is 4.22. The maximum Gasteiger partial charge on any atom is 0.119 e. The molecule has 4 nitrogen and oxygen atoms in total. The monoisotopic (exact) mass is 285 g/mol. The summed E-state index contributed by atoms with van der Waals surface area (Å²) in [6.45, 7) is 6.53. The summed E-state index contributed by atoms with van der Waals surface area (Å²) in [6, 6.07) is 10.1. The molecule has 1 heterocycles. The summed E-state index contributed by atoms with van der Waals surface area (Å²) < 4.78 is 5.71. The number of nitrogens with zero attached hydrogens (tertiary/aromatic N) is 1. The van der Waals surface area contributed by atoms with Crippen molar-refractivity contribution in [3.8, 4) is 5.75 Å². The van der Waals surface area contributed by atoms with E-state index in [1.807, 2.05) is 30.6 Å². The Balaban J connectivity index is 1.75. The summed E-state index contributed by atoms with van der Waals surface area (Å²) >= 11 is 0. The molecule has 112 valence electrons. The minimum Gasteiger partial charge on any atom is -0.492 e. The third kappa shape index (κ3) is 5.34. The van der Waals surface area contributed by atoms with E-state index in [9.17, 15) is 0 Å². The smallest absolute Gasteiger partial charge is 0.119 e. The van der Waals surface area contributed by atoms with Crippen LogP contribution in [-0.2, 0) is 0 Å². The van der Waals surface area contributed by atoms with Crippen molar-refractivity contribution < 1.29 is 4.74 Å². The zero-order valence-electron chi connectivity index (χ0n) is 12.7. The van der Waals surface area contributed by atoms with E-state index in [0.717, 1.165) is 36.6 Å². The van der Waals surface area contributed by atoms with Gasteiger partial charge in [0.15, 0.2) is 0 Å². The maximum absolute atomic E-state index is 5.71. The van der Waals surface area contributed by atoms with Crippen LogP contribution >= 0.6 is 0 Å². The molecule has 4 heteroatoms. The van der Waals surface area contributed by atoms with Gasteiger partial charge in [-0.2, -0.15) is 0 Å². The molecule has 0 saturated carbocycles. The first-order valence-corrected chi connectivity index (χ1v) is 7.40. The number of rotatable bonds is 8. The molecule has 0 radical (unpaired) electrons. The van der Waals surface area contributed by atoms with Crippen molar-refractivity contribution in [2.45, 2.75) is 20.3 Å². The van der Waals surface area contributed by atoms with E-state index in [1.165, 1.54) is 5.56 Å². The second-order valence-electron chi connectivity index (χ2n) is 4.98. The zero-order chi connectivity index (χ0) is 14.9. The van der Waals surface area contributed by atoms with Crippen molar-refractivity contribution in [1.29, 1.82) is 0 Å². The average molecular weight is 285 g/mol. The number of aryl methyl sites for hydroxylation is 1. The summed E-state index contributed by atoms with van der Waals surface area (Å²) in [5, 5.41) is 6.64. The van der Waals surface area contributed by atoms with Crippen LogP contribution in [0.2, 0.25) is 0 Å². The highest BCUT2D eigenvalue weighted by molar-refractivity contribution is 5.53. The molecule has 0 aliphatic rings. The fraction of sp³-hybridized carbons (Fsp3) is 0.353. The van der Waals surface area contributed by atoms with Crippen LogP contribution in [0.5, 0.6) is 5.75 Å². The Hall–Kier alpha value is -2.23. The van der Waals surface area contributed by atoms with Gasteiger partial charge >= 0.3 is 0 Å². The van der Waals surface area contributed by atoms with Gasteiger partial charge in [0.2, 0.25) is 0 Å². The third-order valence-electron chi connectivity index (χ3n) is 3.01. The molecule has 0 aliphatic carbocycles. The lowest BCUT2D eigenvalue weighted by atomic mass is 10.2. The molecule has 0 spiro atoms. The number of pyridine rings is 1. The van der Waals surface area contributed by atoms with Crippen molar-refractivity contribution in [2.24, 2.45) is 0 Å². The fourth-order valence-corrected chi connectivity index (χ4v) is 1.97. The lowest BCUT2D eigenvalue weighted by Gasteiger charge is -2.10. The molecule has 2 rings (SSSR count). The van der Waals surface area contributed by atoms with E-state index in [2.05, 4.69) is 41.6 Å². The van der Waals surface area contributed by atoms with Gasteiger partial charge in [0.05, 0.1) is 23.8 Å². The molecule has 0 bridgehead atoms. The van der Waals surface area contributed by atoms with Crippen molar-refractivity contribution in [2.75, 3.05) is 30.3 Å². The van der Waals surface area contributed by atoms with Gasteiger partial charge in [-0.3, -0.25) is 4.98 Å². The summed E-state index contributed by atoms with van der Waals surface area (Å²) in [6.07, 6.45) is 4.76. The van der Waals surface area contributed by atoms with Crippen molar-refractivity contribution >= 4 is 11.4 Å². The standard InChI is InChI=1S/C17H23N3O/c1-3-7-19-15-11-16(13-18-12-15)20-8-9-21-17-6-4-5-14(2)10-17/h4-6,10-13,19-20H,3,7-9H2,1-2H3. The molecule has 0 unspecified atom stereocenters. The van der Waals surface area contributed by atoms with Gasteiger partial charge in [-0.05, 0) is 37.1 Å². The first-order chi connectivity index (χ1) is 10.3. The number of hydrogen-bond donors (Lipinski definition) is 2. The first-order valence-electron chi connectivity index (χ1n) is 7.40. The van der Waals surface area contributed by atoms with Gasteiger partial charge in [-0.25, -0.2) is 0 Å². The van der Waals surface area contributed by atoms with Gasteiger partial charge in [0, 0.05) is 13.1 Å². The summed E-state index contributed by atoms with van der Waals surface area (Å²) in [5.74, 6) is 0.910. The highest BCUT2D eigenvalue weighted by atomic mass is 16.5. The minimum atomic E-state index is 0.621. The van der Waals surface area contributed by atoms with E-state index in [1.54, 1.807) is 0 Å². The molecule has 0 fully saturated rings. The van der Waals surface area contributed by atoms with Gasteiger partial charge < -0.3 is 15.4 Å². The Labute approximate surface area is 126 Å². The lowest BCUT2D eigenvalue weighted by molar-refractivity contribution is 0.332. The van der Waals surface area contributed by atoms with Gasteiger partial charge in [0.1, 0.15) is 12.4 Å². The molecule has 0 aliphatic heterocycles. The van der Waals surface area contributed by atoms with Crippen molar-refractivity contribution in [3.63, 3.8) is 0 Å². The van der Waals surface area contributed by atoms with E-state index < -0.39 is 0 Å². The molecule has 0 atom stereocenters. The second kappa shape index (κ2) is 8.15. The van der Waals surface area contributed by atoms with E-state index in [0.29, 0.717) is 6.61 Å². The molecule has 0 saturated heterocycles. The number of ether oxygens (including phenoxy) is 1. The van der Waals surface area contributed by atoms with Crippen LogP contribution in [0, 0.1) is 6.92 Å². The SMILES string of the molecule is CCCNc1cncc(NCCOc2cccc(C)c2)c1. The van der Waals surface area contributed by atoms with Gasteiger partial charge in [-0.15, -0.1) is 0 Å². The van der Waals surface area contributed by atoms with Crippen molar-refractivity contribution in [3.05, 3.63) is 48.3 Å². The highest BCUT2D eigenvalue weighted by Crippen LogP contribution is 2.14. The van der Waals surface area contributed by atoms with E-state index >= 15 is 0 Å². The van der Waals surface area contributed by atoms with Crippen LogP contribution in [0.15, 0.2) is 42.7 Å². The largest absolute Gasteiger partial charge is 0.492 e. The topological polar surface area (TPSA) is 46.2 Å². The molecule has 2 N–H and O–H groups in total. The Morgan fingerprint density at radius 1 is 1.05 bits per heavy atom. The minimum absolute atomic E-state index is 0.621. The highest BCUT2D eigenvalue weighted by Gasteiger charge is 1.97. The maximum atomic E-state index is 5.71. The average Bonchev–Trinajstić information content (AvgIpc) is 2.50. The van der Waals surface area contributed by atoms with Crippen LogP contribution < -0.4 is 15.4 Å². The Morgan fingerprint density at radius 3 is 2.52 bits per heavy atom. The molecular formula is C17H23N3O. The van der Waals surface area contributed by atoms with Crippen LogP contribution in [0.1, 0.15) is 18.9 Å². The van der Waals surface area contributed by atoms with Crippen LogP contribution in [-0.4, -0.2) is 24.7 Å². The first kappa shape index (κ1) is 15.2. The predicted molar refractivity (Wildman–Crippen MR) is 88.2 cm³/mol. The molecular weight excluding hydrogens is 262 g/mol. The summed E-state index contributed by atoms with van der Waals surface area (Å²) in [7, 11) is 0. The van der Waals surface area contributed by atoms with E-state index in [-0.39, 0.29) is 0 Å². The number of nitrogens with one attached hydrogen (secondary N) is 2. The zero-order valence-corrected chi connectivity index (χ0v) is 12.7. The molecule has 1 aromatic carbocycles. The van der Waals surface area contributed by atoms with Crippen LogP contribution in [0.3, 0.4) is 0 Å². The second-order valence-corrected chi connectivity index (χ2v) is 4.98. The van der Waals surface area contributed by atoms with Crippen molar-refractivity contribution in [1.82, 2.24) is 4.98 Å². The summed E-state index contributed by atoms with van der Waals surface area (Å²) in [5.41, 5.74) is 3.25. The Morgan fingerprint density at radius 2 is 1.81 bits per heavy atom. The van der Waals surface area contributed by atoms with Gasteiger partial charge in [0.25, 0.3) is 0 Å². The van der Waals surface area contributed by atoms with Crippen LogP contribution in [0.4, 0.5) is 11.4 Å². The Bertz CT molecular complexity index is 557. The van der Waals surface area contributed by atoms with E-state index in [4.69, 9.17) is 4.74 Å². The number of benzene rings is 1. The molecule has 0 amide bonds. The number of aromatic nitrogens is 1. The number of hydrogen-bond acceptors (Lipinski definition) is 4.